The maximum atomic E-state index is 11.1. The molecule has 1 N–H and O–H groups in total. The number of hydrogen-bond acceptors (Lipinski definition) is 2. The van der Waals surface area contributed by atoms with Crippen LogP contribution in [-0.4, -0.2) is 17.2 Å². The van der Waals surface area contributed by atoms with Crippen LogP contribution in [0.15, 0.2) is 42.5 Å². The maximum absolute atomic E-state index is 11.1. The molecular weight excluding hydrogens is 240 g/mol. The average molecular weight is 258 g/mol. The van der Waals surface area contributed by atoms with Crippen molar-refractivity contribution in [3.8, 4) is 5.75 Å². The van der Waals surface area contributed by atoms with Crippen LogP contribution >= 0.6 is 0 Å². The van der Waals surface area contributed by atoms with E-state index in [1.807, 2.05) is 49.4 Å². The summed E-state index contributed by atoms with van der Waals surface area (Å²) in [6.45, 7) is 2.04. The predicted molar refractivity (Wildman–Crippen MR) is 75.5 cm³/mol. The lowest BCUT2D eigenvalue weighted by atomic mass is 10.1. The zero-order valence-corrected chi connectivity index (χ0v) is 11.0. The number of unbranched alkanes of at least 4 members (excludes halogenated alkanes) is 1. The number of benzene rings is 2. The fourth-order valence-corrected chi connectivity index (χ4v) is 2.03. The van der Waals surface area contributed by atoms with Gasteiger partial charge < -0.3 is 9.84 Å². The van der Waals surface area contributed by atoms with Gasteiger partial charge in [0.25, 0.3) is 0 Å². The van der Waals surface area contributed by atoms with Gasteiger partial charge in [-0.3, -0.25) is 0 Å². The summed E-state index contributed by atoms with van der Waals surface area (Å²) >= 11 is 0. The van der Waals surface area contributed by atoms with Gasteiger partial charge in [0.15, 0.2) is 6.10 Å². The summed E-state index contributed by atoms with van der Waals surface area (Å²) in [5, 5.41) is 11.3. The van der Waals surface area contributed by atoms with Crippen LogP contribution in [0.4, 0.5) is 0 Å². The lowest BCUT2D eigenvalue weighted by molar-refractivity contribution is -0.145. The van der Waals surface area contributed by atoms with E-state index >= 15 is 0 Å². The van der Waals surface area contributed by atoms with E-state index in [9.17, 15) is 4.79 Å². The highest BCUT2D eigenvalue weighted by molar-refractivity contribution is 5.83. The molecule has 3 nitrogen and oxygen atoms in total. The van der Waals surface area contributed by atoms with Crippen LogP contribution < -0.4 is 4.74 Å². The maximum Gasteiger partial charge on any atom is 0.344 e. The quantitative estimate of drug-likeness (QED) is 0.855. The highest BCUT2D eigenvalue weighted by Crippen LogP contribution is 2.22. The van der Waals surface area contributed by atoms with Crippen LogP contribution in [0, 0.1) is 0 Å². The first-order valence-electron chi connectivity index (χ1n) is 6.59. The van der Waals surface area contributed by atoms with E-state index in [-0.39, 0.29) is 0 Å². The monoisotopic (exact) mass is 258 g/mol. The molecule has 2 rings (SSSR count). The molecule has 0 heterocycles. The number of hydrogen-bond donors (Lipinski definition) is 1. The Kier molecular flexibility index (Phi) is 4.39. The Morgan fingerprint density at radius 3 is 2.63 bits per heavy atom. The topological polar surface area (TPSA) is 46.5 Å². The SMILES string of the molecule is CCCC[C@@H](Oc1ccc2ccccc2c1)C(=O)O. The second kappa shape index (κ2) is 6.23. The van der Waals surface area contributed by atoms with Crippen molar-refractivity contribution >= 4 is 16.7 Å². The first-order chi connectivity index (χ1) is 9.20. The number of fused-ring (bicyclic) bond motifs is 1. The third-order valence-electron chi connectivity index (χ3n) is 3.09. The van der Waals surface area contributed by atoms with E-state index in [1.165, 1.54) is 0 Å². The summed E-state index contributed by atoms with van der Waals surface area (Å²) in [5.74, 6) is -0.288. The molecule has 2 aromatic rings. The van der Waals surface area contributed by atoms with Crippen molar-refractivity contribution in [3.05, 3.63) is 42.5 Å². The van der Waals surface area contributed by atoms with Crippen LogP contribution in [-0.2, 0) is 4.79 Å². The molecule has 0 saturated carbocycles. The van der Waals surface area contributed by atoms with Crippen molar-refractivity contribution in [2.24, 2.45) is 0 Å². The van der Waals surface area contributed by atoms with Gasteiger partial charge in [-0.2, -0.15) is 0 Å². The second-order valence-electron chi connectivity index (χ2n) is 4.60. The molecule has 0 aliphatic heterocycles. The third kappa shape index (κ3) is 3.47. The van der Waals surface area contributed by atoms with E-state index in [4.69, 9.17) is 9.84 Å². The van der Waals surface area contributed by atoms with Crippen LogP contribution in [0.2, 0.25) is 0 Å². The van der Waals surface area contributed by atoms with Crippen molar-refractivity contribution in [2.75, 3.05) is 0 Å². The summed E-state index contributed by atoms with van der Waals surface area (Å²) < 4.78 is 5.59. The Bertz CT molecular complexity index is 563. The van der Waals surface area contributed by atoms with Gasteiger partial charge in [-0.15, -0.1) is 0 Å². The van der Waals surface area contributed by atoms with E-state index in [0.29, 0.717) is 12.2 Å². The summed E-state index contributed by atoms with van der Waals surface area (Å²) in [6, 6.07) is 13.6. The van der Waals surface area contributed by atoms with Gasteiger partial charge in [-0.05, 0) is 35.7 Å². The molecule has 0 radical (unpaired) electrons. The normalized spacial score (nSPS) is 12.3. The van der Waals surface area contributed by atoms with Crippen molar-refractivity contribution < 1.29 is 14.6 Å². The lowest BCUT2D eigenvalue weighted by Crippen LogP contribution is -2.26. The number of carbonyl (C=O) groups is 1. The Morgan fingerprint density at radius 2 is 1.95 bits per heavy atom. The van der Waals surface area contributed by atoms with E-state index < -0.39 is 12.1 Å². The summed E-state index contributed by atoms with van der Waals surface area (Å²) in [6.07, 6.45) is 1.59. The van der Waals surface area contributed by atoms with Crippen LogP contribution in [0.3, 0.4) is 0 Å². The Morgan fingerprint density at radius 1 is 1.21 bits per heavy atom. The van der Waals surface area contributed by atoms with Gasteiger partial charge >= 0.3 is 5.97 Å². The molecule has 100 valence electrons. The minimum absolute atomic E-state index is 0.540. The van der Waals surface area contributed by atoms with Crippen molar-refractivity contribution in [2.45, 2.75) is 32.3 Å². The van der Waals surface area contributed by atoms with Crippen LogP contribution in [0.1, 0.15) is 26.2 Å². The standard InChI is InChI=1S/C16H18O3/c1-2-3-8-15(16(17)18)19-14-10-9-12-6-4-5-7-13(12)11-14/h4-7,9-11,15H,2-3,8H2,1H3,(H,17,18)/t15-/m1/s1. The molecule has 0 spiro atoms. The zero-order valence-electron chi connectivity index (χ0n) is 11.0. The van der Waals surface area contributed by atoms with Crippen molar-refractivity contribution in [1.29, 1.82) is 0 Å². The first-order valence-corrected chi connectivity index (χ1v) is 6.59. The number of rotatable bonds is 6. The Labute approximate surface area is 112 Å². The summed E-state index contributed by atoms with van der Waals surface area (Å²) in [7, 11) is 0. The van der Waals surface area contributed by atoms with E-state index in [1.54, 1.807) is 0 Å². The molecule has 0 saturated heterocycles. The second-order valence-corrected chi connectivity index (χ2v) is 4.60. The van der Waals surface area contributed by atoms with Gasteiger partial charge in [0, 0.05) is 0 Å². The highest BCUT2D eigenvalue weighted by Gasteiger charge is 2.18. The average Bonchev–Trinajstić information content (AvgIpc) is 2.43. The van der Waals surface area contributed by atoms with Gasteiger partial charge in [-0.25, -0.2) is 4.79 Å². The van der Waals surface area contributed by atoms with E-state index in [0.717, 1.165) is 23.6 Å². The Hall–Kier alpha value is -2.03. The Balaban J connectivity index is 2.16. The number of aliphatic carboxylic acids is 1. The van der Waals surface area contributed by atoms with Gasteiger partial charge in [0.05, 0.1) is 0 Å². The highest BCUT2D eigenvalue weighted by atomic mass is 16.5. The van der Waals surface area contributed by atoms with Gasteiger partial charge in [-0.1, -0.05) is 43.7 Å². The van der Waals surface area contributed by atoms with Crippen molar-refractivity contribution in [3.63, 3.8) is 0 Å². The first kappa shape index (κ1) is 13.4. The fourth-order valence-electron chi connectivity index (χ4n) is 2.03. The fraction of sp³-hybridized carbons (Fsp3) is 0.312. The van der Waals surface area contributed by atoms with Crippen molar-refractivity contribution in [1.82, 2.24) is 0 Å². The number of carboxylic acid groups (broad SMARTS) is 1. The zero-order chi connectivity index (χ0) is 13.7. The molecule has 0 aliphatic carbocycles. The third-order valence-corrected chi connectivity index (χ3v) is 3.09. The molecule has 0 aliphatic rings. The summed E-state index contributed by atoms with van der Waals surface area (Å²) in [5.41, 5.74) is 0. The van der Waals surface area contributed by atoms with Crippen LogP contribution in [0.25, 0.3) is 10.8 Å². The molecule has 0 fully saturated rings. The molecule has 0 amide bonds. The van der Waals surface area contributed by atoms with Gasteiger partial charge in [0.1, 0.15) is 5.75 Å². The minimum Gasteiger partial charge on any atom is -0.479 e. The molecule has 0 bridgehead atoms. The van der Waals surface area contributed by atoms with Crippen LogP contribution in [0.5, 0.6) is 5.75 Å². The lowest BCUT2D eigenvalue weighted by Gasteiger charge is -2.15. The van der Waals surface area contributed by atoms with Gasteiger partial charge in [0.2, 0.25) is 0 Å². The smallest absolute Gasteiger partial charge is 0.344 e. The molecule has 3 heteroatoms. The minimum atomic E-state index is -0.901. The molecule has 1 atom stereocenters. The molecule has 0 unspecified atom stereocenters. The molecule has 2 aromatic carbocycles. The predicted octanol–water partition coefficient (Wildman–Crippen LogP) is 3.86. The number of carboxylic acids is 1. The largest absolute Gasteiger partial charge is 0.479 e. The molecular formula is C16H18O3. The summed E-state index contributed by atoms with van der Waals surface area (Å²) in [4.78, 5) is 11.1. The molecule has 19 heavy (non-hydrogen) atoms. The van der Waals surface area contributed by atoms with E-state index in [2.05, 4.69) is 0 Å². The number of ether oxygens (including phenoxy) is 1. The molecule has 0 aromatic heterocycles.